The van der Waals surface area contributed by atoms with Crippen molar-refractivity contribution in [1.82, 2.24) is 24.9 Å². The summed E-state index contributed by atoms with van der Waals surface area (Å²) in [5, 5.41) is 18.0. The number of piperazine rings is 1. The van der Waals surface area contributed by atoms with Gasteiger partial charge in [-0.15, -0.1) is 5.10 Å². The molecule has 2 aromatic carbocycles. The minimum atomic E-state index is -0.460. The minimum absolute atomic E-state index is 0.171. The van der Waals surface area contributed by atoms with E-state index in [0.717, 1.165) is 28.0 Å². The number of aryl methyl sites for hydroxylation is 2. The van der Waals surface area contributed by atoms with E-state index in [9.17, 15) is 9.18 Å². The van der Waals surface area contributed by atoms with Gasteiger partial charge in [-0.3, -0.25) is 0 Å². The summed E-state index contributed by atoms with van der Waals surface area (Å²) >= 11 is 6.05. The zero-order valence-corrected chi connectivity index (χ0v) is 19.6. The van der Waals surface area contributed by atoms with Crippen molar-refractivity contribution in [3.8, 4) is 5.69 Å². The number of hydrogen-bond acceptors (Lipinski definition) is 5. The van der Waals surface area contributed by atoms with Crippen molar-refractivity contribution in [1.29, 1.82) is 0 Å². The first-order valence-corrected chi connectivity index (χ1v) is 11.3. The Bertz CT molecular complexity index is 1360. The zero-order chi connectivity index (χ0) is 23.8. The highest BCUT2D eigenvalue weighted by Crippen LogP contribution is 2.30. The average molecular weight is 480 g/mol. The molecule has 10 heteroatoms. The molecule has 0 bridgehead atoms. The smallest absolute Gasteiger partial charge is 0.322 e. The summed E-state index contributed by atoms with van der Waals surface area (Å²) in [5.41, 5.74) is 3.61. The maximum atomic E-state index is 13.9. The molecule has 1 N–H and O–H groups in total. The number of hydrogen-bond donors (Lipinski definition) is 1. The molecule has 1 fully saturated rings. The quantitative estimate of drug-likeness (QED) is 0.465. The van der Waals surface area contributed by atoms with Crippen molar-refractivity contribution in [3.05, 3.63) is 70.8 Å². The van der Waals surface area contributed by atoms with E-state index >= 15 is 0 Å². The number of rotatable bonds is 3. The number of para-hydroxylation sites is 1. The second-order valence-electron chi connectivity index (χ2n) is 8.19. The van der Waals surface area contributed by atoms with Gasteiger partial charge in [-0.1, -0.05) is 23.7 Å². The van der Waals surface area contributed by atoms with E-state index in [0.29, 0.717) is 37.0 Å². The van der Waals surface area contributed by atoms with Gasteiger partial charge < -0.3 is 15.1 Å². The number of urea groups is 1. The Morgan fingerprint density at radius 2 is 1.71 bits per heavy atom. The van der Waals surface area contributed by atoms with E-state index in [-0.39, 0.29) is 11.7 Å². The number of benzene rings is 2. The highest BCUT2D eigenvalue weighted by molar-refractivity contribution is 6.30. The van der Waals surface area contributed by atoms with Gasteiger partial charge in [-0.2, -0.15) is 10.2 Å². The summed E-state index contributed by atoms with van der Waals surface area (Å²) < 4.78 is 15.8. The highest BCUT2D eigenvalue weighted by Gasteiger charge is 2.26. The Labute approximate surface area is 200 Å². The molecule has 3 heterocycles. The number of fused-ring (bicyclic) bond motifs is 1. The summed E-state index contributed by atoms with van der Waals surface area (Å²) in [6.45, 7) is 5.98. The highest BCUT2D eigenvalue weighted by atomic mass is 35.5. The van der Waals surface area contributed by atoms with E-state index in [1.54, 1.807) is 23.1 Å². The van der Waals surface area contributed by atoms with E-state index in [1.165, 1.54) is 6.07 Å². The van der Waals surface area contributed by atoms with Gasteiger partial charge in [0, 0.05) is 31.2 Å². The zero-order valence-electron chi connectivity index (χ0n) is 18.8. The van der Waals surface area contributed by atoms with Gasteiger partial charge in [-0.05, 0) is 50.2 Å². The molecule has 1 saturated heterocycles. The van der Waals surface area contributed by atoms with Gasteiger partial charge in [0.1, 0.15) is 11.3 Å². The lowest BCUT2D eigenvalue weighted by atomic mass is 10.2. The number of carbonyl (C=O) groups excluding carboxylic acids is 1. The lowest BCUT2D eigenvalue weighted by Crippen LogP contribution is -2.50. The maximum absolute atomic E-state index is 13.9. The second kappa shape index (κ2) is 8.90. The Hall–Kier alpha value is -3.72. The molecule has 0 atom stereocenters. The van der Waals surface area contributed by atoms with Crippen LogP contribution in [0.25, 0.3) is 16.6 Å². The fourth-order valence-corrected chi connectivity index (χ4v) is 4.36. The molecule has 174 valence electrons. The minimum Gasteiger partial charge on any atom is -0.350 e. The summed E-state index contributed by atoms with van der Waals surface area (Å²) in [6.07, 6.45) is 0. The van der Waals surface area contributed by atoms with Crippen LogP contribution < -0.4 is 10.2 Å². The summed E-state index contributed by atoms with van der Waals surface area (Å²) in [7, 11) is 0. The molecule has 8 nitrogen and oxygen atoms in total. The molecule has 0 radical (unpaired) electrons. The van der Waals surface area contributed by atoms with Crippen molar-refractivity contribution < 1.29 is 9.18 Å². The normalized spacial score (nSPS) is 14.0. The lowest BCUT2D eigenvalue weighted by Gasteiger charge is -2.35. The van der Waals surface area contributed by atoms with Gasteiger partial charge in [0.2, 0.25) is 0 Å². The third-order valence-electron chi connectivity index (χ3n) is 6.04. The molecule has 2 aromatic heterocycles. The summed E-state index contributed by atoms with van der Waals surface area (Å²) in [5.74, 6) is 0.226. The fourth-order valence-electron chi connectivity index (χ4n) is 4.24. The van der Waals surface area contributed by atoms with Crippen LogP contribution in [0.2, 0.25) is 5.02 Å². The van der Waals surface area contributed by atoms with Crippen LogP contribution >= 0.6 is 11.6 Å². The number of aromatic nitrogens is 4. The summed E-state index contributed by atoms with van der Waals surface area (Å²) in [4.78, 5) is 16.4. The van der Waals surface area contributed by atoms with Crippen LogP contribution in [-0.4, -0.2) is 57.1 Å². The summed E-state index contributed by atoms with van der Waals surface area (Å²) in [6, 6.07) is 13.3. The molecule has 0 aliphatic carbocycles. The SMILES string of the molecule is Cc1nnc(N2CCN(C(=O)Nc3ccccc3F)CC2)c2nn(-c3ccc(Cl)cc3)c(C)c12. The molecule has 2 amide bonds. The number of halogens is 2. The third kappa shape index (κ3) is 4.03. The molecule has 0 saturated carbocycles. The molecule has 0 unspecified atom stereocenters. The molecule has 4 aromatic rings. The molecule has 34 heavy (non-hydrogen) atoms. The fraction of sp³-hybridized carbons (Fsp3) is 0.250. The first-order chi connectivity index (χ1) is 16.4. The van der Waals surface area contributed by atoms with Crippen LogP contribution in [0.5, 0.6) is 0 Å². The van der Waals surface area contributed by atoms with E-state index < -0.39 is 5.82 Å². The van der Waals surface area contributed by atoms with E-state index in [4.69, 9.17) is 16.7 Å². The number of nitrogens with one attached hydrogen (secondary N) is 1. The predicted molar refractivity (Wildman–Crippen MR) is 130 cm³/mol. The van der Waals surface area contributed by atoms with Gasteiger partial charge in [0.05, 0.1) is 28.1 Å². The predicted octanol–water partition coefficient (Wildman–Crippen LogP) is 4.58. The van der Waals surface area contributed by atoms with Crippen molar-refractivity contribution in [3.63, 3.8) is 0 Å². The van der Waals surface area contributed by atoms with Gasteiger partial charge in [0.15, 0.2) is 5.82 Å². The molecule has 1 aliphatic heterocycles. The molecule has 0 spiro atoms. The third-order valence-corrected chi connectivity index (χ3v) is 6.29. The monoisotopic (exact) mass is 479 g/mol. The maximum Gasteiger partial charge on any atom is 0.322 e. The van der Waals surface area contributed by atoms with Crippen LogP contribution in [0, 0.1) is 19.7 Å². The number of amides is 2. The molecular formula is C24H23ClFN7O. The van der Waals surface area contributed by atoms with Crippen LogP contribution in [0.15, 0.2) is 48.5 Å². The van der Waals surface area contributed by atoms with Crippen LogP contribution in [-0.2, 0) is 0 Å². The van der Waals surface area contributed by atoms with Crippen molar-refractivity contribution >= 4 is 40.0 Å². The standard InChI is InChI=1S/C24H23ClFN7O/c1-15-21-16(2)33(18-9-7-17(25)8-10-18)30-22(21)23(29-28-15)31-11-13-32(14-12-31)24(34)27-20-6-4-3-5-19(20)26/h3-10H,11-14H2,1-2H3,(H,27,34). The first kappa shape index (κ1) is 22.1. The van der Waals surface area contributed by atoms with Crippen molar-refractivity contribution in [2.75, 3.05) is 36.4 Å². The van der Waals surface area contributed by atoms with Crippen LogP contribution in [0.1, 0.15) is 11.4 Å². The first-order valence-electron chi connectivity index (χ1n) is 11.0. The lowest BCUT2D eigenvalue weighted by molar-refractivity contribution is 0.208. The Kier molecular flexibility index (Phi) is 5.79. The van der Waals surface area contributed by atoms with Gasteiger partial charge in [0.25, 0.3) is 0 Å². The number of nitrogens with zero attached hydrogens (tertiary/aromatic N) is 6. The Morgan fingerprint density at radius 3 is 2.41 bits per heavy atom. The molecule has 1 aliphatic rings. The molecule has 5 rings (SSSR count). The van der Waals surface area contributed by atoms with E-state index in [1.807, 2.05) is 42.8 Å². The number of anilines is 2. The van der Waals surface area contributed by atoms with Gasteiger partial charge >= 0.3 is 6.03 Å². The Balaban J connectivity index is 1.37. The molecular weight excluding hydrogens is 457 g/mol. The van der Waals surface area contributed by atoms with Gasteiger partial charge in [-0.25, -0.2) is 13.9 Å². The van der Waals surface area contributed by atoms with Crippen molar-refractivity contribution in [2.24, 2.45) is 0 Å². The average Bonchev–Trinajstić information content (AvgIpc) is 3.19. The van der Waals surface area contributed by atoms with Crippen molar-refractivity contribution in [2.45, 2.75) is 13.8 Å². The van der Waals surface area contributed by atoms with Crippen LogP contribution in [0.4, 0.5) is 20.7 Å². The number of carbonyl (C=O) groups is 1. The Morgan fingerprint density at radius 1 is 1.00 bits per heavy atom. The van der Waals surface area contributed by atoms with E-state index in [2.05, 4.69) is 20.4 Å². The largest absolute Gasteiger partial charge is 0.350 e. The second-order valence-corrected chi connectivity index (χ2v) is 8.63. The topological polar surface area (TPSA) is 79.2 Å². The van der Waals surface area contributed by atoms with Crippen LogP contribution in [0.3, 0.4) is 0 Å².